The van der Waals surface area contributed by atoms with Crippen molar-refractivity contribution in [1.82, 2.24) is 14.9 Å². The van der Waals surface area contributed by atoms with Crippen LogP contribution in [0.2, 0.25) is 0 Å². The second kappa shape index (κ2) is 4.56. The van der Waals surface area contributed by atoms with Crippen molar-refractivity contribution in [3.8, 4) is 0 Å². The van der Waals surface area contributed by atoms with Gasteiger partial charge in [0.15, 0.2) is 0 Å². The molecule has 5 nitrogen and oxygen atoms in total. The summed E-state index contributed by atoms with van der Waals surface area (Å²) in [6.45, 7) is 5.97. The van der Waals surface area contributed by atoms with Crippen molar-refractivity contribution in [2.75, 3.05) is 11.9 Å². The molecule has 70 valence electrons. The molecule has 0 radical (unpaired) electrons. The van der Waals surface area contributed by atoms with Gasteiger partial charge in [-0.1, -0.05) is 16.6 Å². The molecule has 2 amide bonds. The van der Waals surface area contributed by atoms with Crippen molar-refractivity contribution in [3.63, 3.8) is 0 Å². The molecule has 13 heavy (non-hydrogen) atoms. The van der Waals surface area contributed by atoms with E-state index in [1.807, 2.05) is 6.92 Å². The van der Waals surface area contributed by atoms with E-state index in [1.54, 1.807) is 0 Å². The summed E-state index contributed by atoms with van der Waals surface area (Å²) in [7, 11) is 0. The van der Waals surface area contributed by atoms with E-state index in [2.05, 4.69) is 26.8 Å². The number of aromatic nitrogens is 2. The van der Waals surface area contributed by atoms with Crippen molar-refractivity contribution in [1.29, 1.82) is 0 Å². The van der Waals surface area contributed by atoms with Crippen LogP contribution in [0.5, 0.6) is 0 Å². The number of hydrogen-bond donors (Lipinski definition) is 2. The molecule has 0 fully saturated rings. The Morgan fingerprint density at radius 2 is 2.54 bits per heavy atom. The number of nitrogens with one attached hydrogen (secondary N) is 2. The van der Waals surface area contributed by atoms with Crippen molar-refractivity contribution < 1.29 is 4.79 Å². The molecule has 0 unspecified atom stereocenters. The summed E-state index contributed by atoms with van der Waals surface area (Å²) >= 11 is 1.13. The molecule has 0 aromatic carbocycles. The average Bonchev–Trinajstić information content (AvgIpc) is 2.53. The van der Waals surface area contributed by atoms with E-state index in [0.717, 1.165) is 17.1 Å². The highest BCUT2D eigenvalue weighted by Crippen LogP contribution is 2.07. The maximum absolute atomic E-state index is 11.1. The molecule has 0 saturated heterocycles. The first-order chi connectivity index (χ1) is 6.18. The van der Waals surface area contributed by atoms with Crippen LogP contribution in [0, 0.1) is 0 Å². The van der Waals surface area contributed by atoms with E-state index in [0.29, 0.717) is 11.5 Å². The van der Waals surface area contributed by atoms with Gasteiger partial charge in [0.1, 0.15) is 5.00 Å². The van der Waals surface area contributed by atoms with Gasteiger partial charge in [-0.25, -0.2) is 4.79 Å². The minimum atomic E-state index is -0.269. The fraction of sp³-hybridized carbons (Fsp3) is 0.286. The van der Waals surface area contributed by atoms with Crippen LogP contribution in [0.15, 0.2) is 18.3 Å². The van der Waals surface area contributed by atoms with Crippen molar-refractivity contribution >= 4 is 22.6 Å². The number of carbonyl (C=O) groups excluding carboxylic acids is 1. The molecule has 0 atom stereocenters. The topological polar surface area (TPSA) is 66.9 Å². The maximum Gasteiger partial charge on any atom is 0.320 e. The predicted octanol–water partition coefficient (Wildman–Crippen LogP) is 1.24. The molecule has 6 heteroatoms. The average molecular weight is 198 g/mol. The monoisotopic (exact) mass is 198 g/mol. The summed E-state index contributed by atoms with van der Waals surface area (Å²) in [4.78, 5) is 11.1. The Morgan fingerprint density at radius 1 is 1.77 bits per heavy atom. The second-order valence-corrected chi connectivity index (χ2v) is 3.33. The number of nitrogens with zero attached hydrogens (tertiary/aromatic N) is 2. The number of hydrogen-bond acceptors (Lipinski definition) is 4. The summed E-state index contributed by atoms with van der Waals surface area (Å²) in [6.07, 6.45) is 1.49. The van der Waals surface area contributed by atoms with Gasteiger partial charge in [-0.3, -0.25) is 5.32 Å². The van der Waals surface area contributed by atoms with Gasteiger partial charge in [0.2, 0.25) is 0 Å². The highest BCUT2D eigenvalue weighted by atomic mass is 32.1. The third kappa shape index (κ3) is 3.66. The van der Waals surface area contributed by atoms with Crippen LogP contribution in [0.25, 0.3) is 0 Å². The number of urea groups is 1. The zero-order valence-electron chi connectivity index (χ0n) is 7.20. The number of carbonyl (C=O) groups is 1. The van der Waals surface area contributed by atoms with Gasteiger partial charge in [0.05, 0.1) is 6.20 Å². The molecule has 0 bridgehead atoms. The third-order valence-corrected chi connectivity index (χ3v) is 1.73. The lowest BCUT2D eigenvalue weighted by atomic mass is 10.3. The predicted molar refractivity (Wildman–Crippen MR) is 51.7 cm³/mol. The highest BCUT2D eigenvalue weighted by molar-refractivity contribution is 7.10. The Balaban J connectivity index is 2.30. The lowest BCUT2D eigenvalue weighted by molar-refractivity contribution is 0.253. The van der Waals surface area contributed by atoms with E-state index in [-0.39, 0.29) is 6.03 Å². The van der Waals surface area contributed by atoms with Crippen molar-refractivity contribution in [2.24, 2.45) is 0 Å². The molecule has 1 rings (SSSR count). The van der Waals surface area contributed by atoms with Crippen LogP contribution in [0.4, 0.5) is 9.80 Å². The Kier molecular flexibility index (Phi) is 3.39. The Labute approximate surface area is 80.0 Å². The normalized spacial score (nSPS) is 9.31. The molecule has 1 aromatic rings. The first-order valence-electron chi connectivity index (χ1n) is 3.65. The maximum atomic E-state index is 11.1. The summed E-state index contributed by atoms with van der Waals surface area (Å²) in [5.74, 6) is 0. The summed E-state index contributed by atoms with van der Waals surface area (Å²) in [6, 6.07) is -0.269. The fourth-order valence-electron chi connectivity index (χ4n) is 0.609. The number of rotatable bonds is 3. The van der Waals surface area contributed by atoms with E-state index in [9.17, 15) is 4.79 Å². The summed E-state index contributed by atoms with van der Waals surface area (Å²) < 4.78 is 3.60. The van der Waals surface area contributed by atoms with Crippen LogP contribution in [0.1, 0.15) is 6.92 Å². The molecule has 0 spiro atoms. The van der Waals surface area contributed by atoms with Crippen molar-refractivity contribution in [3.05, 3.63) is 18.3 Å². The van der Waals surface area contributed by atoms with Gasteiger partial charge in [0, 0.05) is 18.1 Å². The zero-order chi connectivity index (χ0) is 9.68. The Hall–Kier alpha value is -1.43. The van der Waals surface area contributed by atoms with E-state index >= 15 is 0 Å². The van der Waals surface area contributed by atoms with Gasteiger partial charge in [-0.2, -0.15) is 0 Å². The lowest BCUT2D eigenvalue weighted by Gasteiger charge is -2.03. The van der Waals surface area contributed by atoms with Crippen LogP contribution >= 0.6 is 11.5 Å². The second-order valence-electron chi connectivity index (χ2n) is 2.55. The highest BCUT2D eigenvalue weighted by Gasteiger charge is 2.01. The number of anilines is 1. The SMILES string of the molecule is C=C(C)CNC(=O)Nc1cnns1. The van der Waals surface area contributed by atoms with E-state index in [4.69, 9.17) is 0 Å². The van der Waals surface area contributed by atoms with E-state index < -0.39 is 0 Å². The zero-order valence-corrected chi connectivity index (χ0v) is 8.02. The van der Waals surface area contributed by atoms with Gasteiger partial charge in [0.25, 0.3) is 0 Å². The van der Waals surface area contributed by atoms with Crippen molar-refractivity contribution in [2.45, 2.75) is 6.92 Å². The largest absolute Gasteiger partial charge is 0.334 e. The lowest BCUT2D eigenvalue weighted by Crippen LogP contribution is -2.29. The third-order valence-electron chi connectivity index (χ3n) is 1.15. The van der Waals surface area contributed by atoms with E-state index in [1.165, 1.54) is 6.20 Å². The molecule has 0 aliphatic heterocycles. The molecular weight excluding hydrogens is 188 g/mol. The quantitative estimate of drug-likeness (QED) is 0.718. The van der Waals surface area contributed by atoms with Crippen LogP contribution in [-0.4, -0.2) is 22.2 Å². The molecule has 0 aliphatic carbocycles. The minimum Gasteiger partial charge on any atom is -0.334 e. The molecule has 2 N–H and O–H groups in total. The standard InChI is InChI=1S/C7H10N4OS/c1-5(2)3-8-7(12)10-6-4-9-11-13-6/h4H,1,3H2,2H3,(H2,8,10,12). The summed E-state index contributed by atoms with van der Waals surface area (Å²) in [5, 5.41) is 9.40. The molecular formula is C7H10N4OS. The van der Waals surface area contributed by atoms with Gasteiger partial charge < -0.3 is 5.32 Å². The van der Waals surface area contributed by atoms with Crippen LogP contribution in [0.3, 0.4) is 0 Å². The van der Waals surface area contributed by atoms with Crippen LogP contribution < -0.4 is 10.6 Å². The van der Waals surface area contributed by atoms with Crippen LogP contribution in [-0.2, 0) is 0 Å². The Morgan fingerprint density at radius 3 is 3.08 bits per heavy atom. The first-order valence-corrected chi connectivity index (χ1v) is 4.42. The van der Waals surface area contributed by atoms with Gasteiger partial charge in [-0.05, 0) is 6.92 Å². The fourth-order valence-corrected chi connectivity index (χ4v) is 1.02. The minimum absolute atomic E-state index is 0.269. The smallest absolute Gasteiger partial charge is 0.320 e. The number of amides is 2. The van der Waals surface area contributed by atoms with Gasteiger partial charge >= 0.3 is 6.03 Å². The summed E-state index contributed by atoms with van der Waals surface area (Å²) in [5.41, 5.74) is 0.901. The first kappa shape index (κ1) is 9.66. The molecule has 0 aliphatic rings. The van der Waals surface area contributed by atoms with Gasteiger partial charge in [-0.15, -0.1) is 5.10 Å². The molecule has 1 aromatic heterocycles. The Bertz CT molecular complexity index is 295. The molecule has 0 saturated carbocycles. The molecule has 1 heterocycles.